The lowest BCUT2D eigenvalue weighted by atomic mass is 10.3. The summed E-state index contributed by atoms with van der Waals surface area (Å²) in [6.45, 7) is 0.129. The maximum absolute atomic E-state index is 12.9. The topological polar surface area (TPSA) is 40.5 Å². The maximum atomic E-state index is 12.9. The first-order valence-electron chi connectivity index (χ1n) is 4.51. The number of benzene rings is 1. The highest BCUT2D eigenvalue weighted by Gasteiger charge is 2.29. The molecule has 1 unspecified atom stereocenters. The Kier molecular flexibility index (Phi) is 2.40. The van der Waals surface area contributed by atoms with Crippen molar-refractivity contribution in [2.45, 2.75) is 12.5 Å². The minimum Gasteiger partial charge on any atom is -0.391 e. The van der Waals surface area contributed by atoms with Crippen LogP contribution in [0.4, 0.5) is 14.5 Å². The van der Waals surface area contributed by atoms with E-state index >= 15 is 0 Å². The molecule has 1 aliphatic heterocycles. The third-order valence-corrected chi connectivity index (χ3v) is 2.32. The van der Waals surface area contributed by atoms with Crippen LogP contribution in [0.1, 0.15) is 6.42 Å². The van der Waals surface area contributed by atoms with E-state index in [4.69, 9.17) is 0 Å². The standard InChI is InChI=1S/C10H9F2NO2/c11-8-2-1-6(3-9(8)12)13-5-7(14)4-10(13)15/h1-3,7,14H,4-5H2. The Bertz CT molecular complexity index is 408. The van der Waals surface area contributed by atoms with Crippen LogP contribution in [-0.2, 0) is 4.79 Å². The quantitative estimate of drug-likeness (QED) is 0.757. The molecular weight excluding hydrogens is 204 g/mol. The zero-order chi connectivity index (χ0) is 11.0. The lowest BCUT2D eigenvalue weighted by Gasteiger charge is -2.15. The smallest absolute Gasteiger partial charge is 0.229 e. The second kappa shape index (κ2) is 3.58. The molecule has 1 aromatic rings. The number of rotatable bonds is 1. The zero-order valence-corrected chi connectivity index (χ0v) is 7.78. The van der Waals surface area contributed by atoms with Crippen molar-refractivity contribution < 1.29 is 18.7 Å². The number of aliphatic hydroxyl groups excluding tert-OH is 1. The second-order valence-corrected chi connectivity index (χ2v) is 3.46. The Morgan fingerprint density at radius 1 is 1.33 bits per heavy atom. The van der Waals surface area contributed by atoms with E-state index in [1.165, 1.54) is 11.0 Å². The predicted octanol–water partition coefficient (Wildman–Crippen LogP) is 1.06. The van der Waals surface area contributed by atoms with Gasteiger partial charge >= 0.3 is 0 Å². The van der Waals surface area contributed by atoms with E-state index in [1.807, 2.05) is 0 Å². The summed E-state index contributed by atoms with van der Waals surface area (Å²) in [5, 5.41) is 9.22. The zero-order valence-electron chi connectivity index (χ0n) is 7.78. The maximum Gasteiger partial charge on any atom is 0.229 e. The van der Waals surface area contributed by atoms with Crippen LogP contribution >= 0.6 is 0 Å². The molecule has 1 aromatic carbocycles. The molecule has 0 saturated carbocycles. The third-order valence-electron chi connectivity index (χ3n) is 2.32. The molecule has 3 nitrogen and oxygen atoms in total. The van der Waals surface area contributed by atoms with Gasteiger partial charge in [0.15, 0.2) is 11.6 Å². The number of nitrogens with zero attached hydrogens (tertiary/aromatic N) is 1. The van der Waals surface area contributed by atoms with E-state index in [9.17, 15) is 18.7 Å². The first kappa shape index (κ1) is 10.0. The summed E-state index contributed by atoms with van der Waals surface area (Å²) in [5.41, 5.74) is 0.274. The van der Waals surface area contributed by atoms with Crippen molar-refractivity contribution >= 4 is 11.6 Å². The number of amides is 1. The molecule has 1 heterocycles. The van der Waals surface area contributed by atoms with Gasteiger partial charge in [-0.05, 0) is 12.1 Å². The van der Waals surface area contributed by atoms with Gasteiger partial charge in [0, 0.05) is 11.8 Å². The highest BCUT2D eigenvalue weighted by Crippen LogP contribution is 2.23. The molecule has 0 spiro atoms. The molecule has 1 saturated heterocycles. The number of β-amino-alcohol motifs (C(OH)–C–C–N with tert-alkyl or cyclic N) is 1. The molecule has 0 bridgehead atoms. The van der Waals surface area contributed by atoms with E-state index in [0.29, 0.717) is 0 Å². The third kappa shape index (κ3) is 1.83. The minimum atomic E-state index is -0.998. The monoisotopic (exact) mass is 213 g/mol. The minimum absolute atomic E-state index is 0.0268. The number of hydrogen-bond donors (Lipinski definition) is 1. The van der Waals surface area contributed by atoms with E-state index in [-0.39, 0.29) is 24.6 Å². The molecule has 0 aromatic heterocycles. The SMILES string of the molecule is O=C1CC(O)CN1c1ccc(F)c(F)c1. The van der Waals surface area contributed by atoms with Gasteiger partial charge in [-0.2, -0.15) is 0 Å². The Morgan fingerprint density at radius 2 is 2.07 bits per heavy atom. The van der Waals surface area contributed by atoms with Crippen LogP contribution in [0, 0.1) is 11.6 Å². The molecule has 1 amide bonds. The average molecular weight is 213 g/mol. The number of hydrogen-bond acceptors (Lipinski definition) is 2. The summed E-state index contributed by atoms with van der Waals surface area (Å²) < 4.78 is 25.5. The summed E-state index contributed by atoms with van der Waals surface area (Å²) >= 11 is 0. The largest absolute Gasteiger partial charge is 0.391 e. The fourth-order valence-electron chi connectivity index (χ4n) is 1.59. The van der Waals surface area contributed by atoms with Crippen molar-refractivity contribution in [2.24, 2.45) is 0 Å². The lowest BCUT2D eigenvalue weighted by molar-refractivity contribution is -0.117. The number of aliphatic hydroxyl groups is 1. The van der Waals surface area contributed by atoms with Crippen molar-refractivity contribution in [3.8, 4) is 0 Å². The number of anilines is 1. The van der Waals surface area contributed by atoms with E-state index < -0.39 is 17.7 Å². The summed E-state index contributed by atoms with van der Waals surface area (Å²) in [4.78, 5) is 12.6. The highest BCUT2D eigenvalue weighted by atomic mass is 19.2. The molecular formula is C10H9F2NO2. The number of carbonyl (C=O) groups is 1. The van der Waals surface area contributed by atoms with Crippen LogP contribution in [0.2, 0.25) is 0 Å². The van der Waals surface area contributed by atoms with Gasteiger partial charge < -0.3 is 10.0 Å². The fourth-order valence-corrected chi connectivity index (χ4v) is 1.59. The van der Waals surface area contributed by atoms with Gasteiger partial charge in [0.2, 0.25) is 5.91 Å². The van der Waals surface area contributed by atoms with Crippen LogP contribution in [0.15, 0.2) is 18.2 Å². The molecule has 1 aliphatic rings. The highest BCUT2D eigenvalue weighted by molar-refractivity contribution is 5.96. The van der Waals surface area contributed by atoms with Crippen molar-refractivity contribution in [1.82, 2.24) is 0 Å². The van der Waals surface area contributed by atoms with Crippen molar-refractivity contribution in [3.05, 3.63) is 29.8 Å². The fraction of sp³-hybridized carbons (Fsp3) is 0.300. The van der Waals surface area contributed by atoms with Gasteiger partial charge in [-0.15, -0.1) is 0 Å². The number of carbonyl (C=O) groups excluding carboxylic acids is 1. The Morgan fingerprint density at radius 3 is 2.60 bits per heavy atom. The van der Waals surface area contributed by atoms with Crippen molar-refractivity contribution in [3.63, 3.8) is 0 Å². The molecule has 0 aliphatic carbocycles. The normalized spacial score (nSPS) is 21.1. The van der Waals surface area contributed by atoms with E-state index in [0.717, 1.165) is 12.1 Å². The molecule has 1 N–H and O–H groups in total. The molecule has 2 rings (SSSR count). The summed E-state index contributed by atoms with van der Waals surface area (Å²) in [7, 11) is 0. The Hall–Kier alpha value is -1.49. The van der Waals surface area contributed by atoms with Gasteiger partial charge in [-0.25, -0.2) is 8.78 Å². The van der Waals surface area contributed by atoms with Gasteiger partial charge in [-0.3, -0.25) is 4.79 Å². The Balaban J connectivity index is 2.30. The van der Waals surface area contributed by atoms with Crippen LogP contribution in [0.25, 0.3) is 0 Å². The van der Waals surface area contributed by atoms with Crippen LogP contribution in [0.5, 0.6) is 0 Å². The van der Waals surface area contributed by atoms with Crippen LogP contribution in [-0.4, -0.2) is 23.7 Å². The van der Waals surface area contributed by atoms with Crippen LogP contribution in [0.3, 0.4) is 0 Å². The Labute approximate surface area is 84.9 Å². The van der Waals surface area contributed by atoms with Crippen molar-refractivity contribution in [2.75, 3.05) is 11.4 Å². The van der Waals surface area contributed by atoms with Crippen molar-refractivity contribution in [1.29, 1.82) is 0 Å². The summed E-state index contributed by atoms with van der Waals surface area (Å²) in [5.74, 6) is -2.24. The average Bonchev–Trinajstić information content (AvgIpc) is 2.50. The summed E-state index contributed by atoms with van der Waals surface area (Å²) in [6, 6.07) is 3.22. The van der Waals surface area contributed by atoms with Gasteiger partial charge in [0.25, 0.3) is 0 Å². The van der Waals surface area contributed by atoms with Gasteiger partial charge in [-0.1, -0.05) is 0 Å². The van der Waals surface area contributed by atoms with Gasteiger partial charge in [0.1, 0.15) is 0 Å². The molecule has 1 fully saturated rings. The number of halogens is 2. The molecule has 0 radical (unpaired) electrons. The van der Waals surface area contributed by atoms with E-state index in [2.05, 4.69) is 0 Å². The molecule has 15 heavy (non-hydrogen) atoms. The second-order valence-electron chi connectivity index (χ2n) is 3.46. The first-order chi connectivity index (χ1) is 7.08. The van der Waals surface area contributed by atoms with Gasteiger partial charge in [0.05, 0.1) is 19.1 Å². The van der Waals surface area contributed by atoms with E-state index in [1.54, 1.807) is 0 Å². The molecule has 1 atom stereocenters. The van der Waals surface area contributed by atoms with Crippen LogP contribution < -0.4 is 4.90 Å². The predicted molar refractivity (Wildman–Crippen MR) is 49.3 cm³/mol. The lowest BCUT2D eigenvalue weighted by Crippen LogP contribution is -2.25. The first-order valence-corrected chi connectivity index (χ1v) is 4.51. The molecule has 80 valence electrons. The molecule has 5 heteroatoms. The summed E-state index contributed by atoms with van der Waals surface area (Å²) in [6.07, 6.45) is -0.704.